The second-order valence-electron chi connectivity index (χ2n) is 2.01. The highest BCUT2D eigenvalue weighted by Crippen LogP contribution is 2.17. The number of rotatable bonds is 3. The zero-order valence-electron chi connectivity index (χ0n) is 5.71. The summed E-state index contributed by atoms with van der Waals surface area (Å²) < 4.78 is 0. The number of aromatic carboxylic acids is 1. The first-order valence-electron chi connectivity index (χ1n) is 3.12. The van der Waals surface area contributed by atoms with Crippen molar-refractivity contribution in [3.63, 3.8) is 0 Å². The minimum Gasteiger partial charge on any atom is -0.477 e. The number of carbonyl (C=O) groups is 1. The molecule has 0 atom stereocenters. The molecule has 1 rings (SSSR count). The average Bonchev–Trinajstić information content (AvgIpc) is 2.37. The van der Waals surface area contributed by atoms with Crippen molar-refractivity contribution in [1.29, 1.82) is 0 Å². The van der Waals surface area contributed by atoms with Crippen LogP contribution in [0.5, 0.6) is 0 Å². The molecule has 0 radical (unpaired) electrons. The Bertz CT molecular complexity index is 257. The fraction of sp³-hybridized carbons (Fsp3) is 0.286. The number of carboxylic acids is 1. The van der Waals surface area contributed by atoms with Gasteiger partial charge in [-0.1, -0.05) is 15.9 Å². The number of aryl methyl sites for hydroxylation is 1. The fourth-order valence-corrected chi connectivity index (χ4v) is 2.26. The predicted molar refractivity (Wildman–Crippen MR) is 48.8 cm³/mol. The van der Waals surface area contributed by atoms with Crippen molar-refractivity contribution in [2.75, 3.05) is 5.33 Å². The van der Waals surface area contributed by atoms with Crippen LogP contribution in [0.1, 0.15) is 14.5 Å². The van der Waals surface area contributed by atoms with Gasteiger partial charge in [-0.15, -0.1) is 11.3 Å². The molecule has 0 saturated carbocycles. The van der Waals surface area contributed by atoms with E-state index in [1.54, 1.807) is 6.07 Å². The van der Waals surface area contributed by atoms with Crippen molar-refractivity contribution in [1.82, 2.24) is 0 Å². The first kappa shape index (κ1) is 8.74. The molecule has 0 saturated heterocycles. The highest BCUT2D eigenvalue weighted by Gasteiger charge is 2.05. The molecule has 0 bridgehead atoms. The van der Waals surface area contributed by atoms with Crippen LogP contribution >= 0.6 is 27.3 Å². The Morgan fingerprint density at radius 3 is 2.82 bits per heavy atom. The Labute approximate surface area is 77.0 Å². The van der Waals surface area contributed by atoms with E-state index in [1.807, 2.05) is 6.07 Å². The van der Waals surface area contributed by atoms with Gasteiger partial charge in [-0.2, -0.15) is 0 Å². The lowest BCUT2D eigenvalue weighted by atomic mass is 10.4. The maximum Gasteiger partial charge on any atom is 0.345 e. The van der Waals surface area contributed by atoms with Crippen LogP contribution in [0.3, 0.4) is 0 Å². The molecule has 0 aliphatic carbocycles. The van der Waals surface area contributed by atoms with Gasteiger partial charge < -0.3 is 5.11 Å². The van der Waals surface area contributed by atoms with E-state index in [-0.39, 0.29) is 0 Å². The summed E-state index contributed by atoms with van der Waals surface area (Å²) >= 11 is 4.63. The van der Waals surface area contributed by atoms with Crippen molar-refractivity contribution >= 4 is 33.2 Å². The monoisotopic (exact) mass is 234 g/mol. The van der Waals surface area contributed by atoms with Gasteiger partial charge in [0.05, 0.1) is 0 Å². The van der Waals surface area contributed by atoms with Crippen molar-refractivity contribution < 1.29 is 9.90 Å². The molecule has 11 heavy (non-hydrogen) atoms. The van der Waals surface area contributed by atoms with Gasteiger partial charge in [-0.3, -0.25) is 0 Å². The summed E-state index contributed by atoms with van der Waals surface area (Å²) in [5.74, 6) is -0.837. The summed E-state index contributed by atoms with van der Waals surface area (Å²) in [6, 6.07) is 3.50. The summed E-state index contributed by atoms with van der Waals surface area (Å²) in [7, 11) is 0. The van der Waals surface area contributed by atoms with E-state index in [2.05, 4.69) is 15.9 Å². The largest absolute Gasteiger partial charge is 0.477 e. The molecule has 0 fully saturated rings. The number of thiophene rings is 1. The minimum atomic E-state index is -0.837. The Hall–Kier alpha value is -0.350. The van der Waals surface area contributed by atoms with Crippen LogP contribution in [-0.2, 0) is 6.42 Å². The number of hydrogen-bond donors (Lipinski definition) is 1. The lowest BCUT2D eigenvalue weighted by Crippen LogP contribution is -1.89. The molecule has 1 heterocycles. The lowest BCUT2D eigenvalue weighted by molar-refractivity contribution is 0.0702. The van der Waals surface area contributed by atoms with Crippen LogP contribution in [0.25, 0.3) is 0 Å². The van der Waals surface area contributed by atoms with Gasteiger partial charge in [0.15, 0.2) is 0 Å². The average molecular weight is 235 g/mol. The molecule has 0 spiro atoms. The molecule has 1 aromatic heterocycles. The van der Waals surface area contributed by atoms with E-state index in [4.69, 9.17) is 5.11 Å². The smallest absolute Gasteiger partial charge is 0.345 e. The highest BCUT2D eigenvalue weighted by atomic mass is 79.9. The molecule has 60 valence electrons. The predicted octanol–water partition coefficient (Wildman–Crippen LogP) is 2.38. The van der Waals surface area contributed by atoms with E-state index in [0.717, 1.165) is 16.6 Å². The zero-order valence-corrected chi connectivity index (χ0v) is 8.11. The van der Waals surface area contributed by atoms with Crippen LogP contribution in [0.2, 0.25) is 0 Å². The standard InChI is InChI=1S/C7H7BrO2S/c8-4-3-5-1-2-6(11-5)7(9)10/h1-2H,3-4H2,(H,9,10). The minimum absolute atomic E-state index is 0.418. The highest BCUT2D eigenvalue weighted by molar-refractivity contribution is 9.09. The third-order valence-electron chi connectivity index (χ3n) is 1.21. The first-order valence-corrected chi connectivity index (χ1v) is 5.06. The van der Waals surface area contributed by atoms with Gasteiger partial charge in [-0.25, -0.2) is 4.79 Å². The molecule has 0 aromatic carbocycles. The van der Waals surface area contributed by atoms with Gasteiger partial charge in [0.1, 0.15) is 4.88 Å². The second kappa shape index (κ2) is 3.88. The van der Waals surface area contributed by atoms with Gasteiger partial charge in [0.25, 0.3) is 0 Å². The maximum atomic E-state index is 10.4. The third kappa shape index (κ3) is 2.31. The topological polar surface area (TPSA) is 37.3 Å². The fourth-order valence-electron chi connectivity index (χ4n) is 0.720. The quantitative estimate of drug-likeness (QED) is 0.816. The molecule has 4 heteroatoms. The number of carboxylic acid groups (broad SMARTS) is 1. The molecule has 2 nitrogen and oxygen atoms in total. The Kier molecular flexibility index (Phi) is 3.08. The van der Waals surface area contributed by atoms with Crippen molar-refractivity contribution in [3.8, 4) is 0 Å². The van der Waals surface area contributed by atoms with Crippen LogP contribution in [0, 0.1) is 0 Å². The second-order valence-corrected chi connectivity index (χ2v) is 3.97. The van der Waals surface area contributed by atoms with Gasteiger partial charge >= 0.3 is 5.97 Å². The van der Waals surface area contributed by atoms with E-state index in [9.17, 15) is 4.79 Å². The Balaban J connectivity index is 2.73. The summed E-state index contributed by atoms with van der Waals surface area (Å²) in [6.07, 6.45) is 0.901. The van der Waals surface area contributed by atoms with Gasteiger partial charge in [0.2, 0.25) is 0 Å². The SMILES string of the molecule is O=C(O)c1ccc(CCBr)s1. The van der Waals surface area contributed by atoms with Crippen LogP contribution in [0.4, 0.5) is 0 Å². The third-order valence-corrected chi connectivity index (χ3v) is 2.74. The zero-order chi connectivity index (χ0) is 8.27. The maximum absolute atomic E-state index is 10.4. The molecule has 1 N–H and O–H groups in total. The summed E-state index contributed by atoms with van der Waals surface area (Å²) in [5, 5.41) is 9.45. The van der Waals surface area contributed by atoms with Gasteiger partial charge in [0, 0.05) is 10.2 Å². The van der Waals surface area contributed by atoms with E-state index in [0.29, 0.717) is 4.88 Å². The normalized spacial score (nSPS) is 9.91. The van der Waals surface area contributed by atoms with E-state index >= 15 is 0 Å². The molecular formula is C7H7BrO2S. The molecule has 0 aliphatic rings. The molecule has 1 aromatic rings. The summed E-state index contributed by atoms with van der Waals surface area (Å²) in [5.41, 5.74) is 0. The lowest BCUT2D eigenvalue weighted by Gasteiger charge is -1.86. The molecular weight excluding hydrogens is 228 g/mol. The Morgan fingerprint density at radius 2 is 2.36 bits per heavy atom. The number of hydrogen-bond acceptors (Lipinski definition) is 2. The van der Waals surface area contributed by atoms with E-state index in [1.165, 1.54) is 11.3 Å². The van der Waals surface area contributed by atoms with Crippen LogP contribution < -0.4 is 0 Å². The molecule has 0 aliphatic heterocycles. The first-order chi connectivity index (χ1) is 5.24. The van der Waals surface area contributed by atoms with Crippen LogP contribution in [0.15, 0.2) is 12.1 Å². The van der Waals surface area contributed by atoms with Crippen LogP contribution in [-0.4, -0.2) is 16.4 Å². The van der Waals surface area contributed by atoms with Crippen molar-refractivity contribution in [2.45, 2.75) is 6.42 Å². The summed E-state index contributed by atoms with van der Waals surface area (Å²) in [4.78, 5) is 11.9. The Morgan fingerprint density at radius 1 is 1.64 bits per heavy atom. The van der Waals surface area contributed by atoms with Gasteiger partial charge in [-0.05, 0) is 18.6 Å². The molecule has 0 unspecified atom stereocenters. The number of alkyl halides is 1. The van der Waals surface area contributed by atoms with Crippen molar-refractivity contribution in [3.05, 3.63) is 21.9 Å². The van der Waals surface area contributed by atoms with Crippen molar-refractivity contribution in [2.24, 2.45) is 0 Å². The van der Waals surface area contributed by atoms with E-state index < -0.39 is 5.97 Å². The molecule has 0 amide bonds. The number of halogens is 1. The summed E-state index contributed by atoms with van der Waals surface area (Å²) in [6.45, 7) is 0.